The molecule has 156 valence electrons. The number of nitrogens with zero attached hydrogens (tertiary/aromatic N) is 3. The van der Waals surface area contributed by atoms with Gasteiger partial charge in [0.05, 0.1) is 13.3 Å². The maximum atomic E-state index is 12.7. The van der Waals surface area contributed by atoms with Gasteiger partial charge in [0.2, 0.25) is 0 Å². The van der Waals surface area contributed by atoms with E-state index in [9.17, 15) is 9.59 Å². The van der Waals surface area contributed by atoms with Gasteiger partial charge in [0.1, 0.15) is 12.1 Å². The molecule has 0 aliphatic rings. The number of benzene rings is 2. The van der Waals surface area contributed by atoms with E-state index in [1.165, 1.54) is 7.11 Å². The molecule has 7 nitrogen and oxygen atoms in total. The lowest BCUT2D eigenvalue weighted by atomic mass is 9.99. The molecule has 0 saturated carbocycles. The van der Waals surface area contributed by atoms with E-state index < -0.39 is 17.9 Å². The number of amides is 1. The van der Waals surface area contributed by atoms with E-state index in [0.717, 1.165) is 16.9 Å². The van der Waals surface area contributed by atoms with Gasteiger partial charge in [-0.05, 0) is 29.6 Å². The summed E-state index contributed by atoms with van der Waals surface area (Å²) in [6.45, 7) is 0. The summed E-state index contributed by atoms with van der Waals surface area (Å²) in [7, 11) is 1.31. The molecule has 1 heterocycles. The van der Waals surface area contributed by atoms with Crippen LogP contribution in [0.2, 0.25) is 0 Å². The van der Waals surface area contributed by atoms with Crippen molar-refractivity contribution in [2.45, 2.75) is 18.5 Å². The Morgan fingerprint density at radius 3 is 2.20 bits per heavy atom. The van der Waals surface area contributed by atoms with Crippen molar-refractivity contribution in [1.82, 2.24) is 20.3 Å². The predicted octanol–water partition coefficient (Wildman–Crippen LogP) is 2.94. The zero-order valence-electron chi connectivity index (χ0n) is 16.9. The lowest BCUT2D eigenvalue weighted by Gasteiger charge is -2.18. The van der Waals surface area contributed by atoms with Crippen LogP contribution in [-0.2, 0) is 9.53 Å². The van der Waals surface area contributed by atoms with Crippen molar-refractivity contribution in [3.05, 3.63) is 83.7 Å². The van der Waals surface area contributed by atoms with Crippen LogP contribution < -0.4 is 5.32 Å². The van der Waals surface area contributed by atoms with Gasteiger partial charge < -0.3 is 10.1 Å². The van der Waals surface area contributed by atoms with E-state index in [-0.39, 0.29) is 11.7 Å². The molecule has 0 aliphatic carbocycles. The molecule has 3 aromatic rings. The van der Waals surface area contributed by atoms with Crippen LogP contribution in [-0.4, -0.2) is 52.0 Å². The van der Waals surface area contributed by atoms with Crippen molar-refractivity contribution in [1.29, 1.82) is 0 Å². The highest BCUT2D eigenvalue weighted by Crippen LogP contribution is 2.25. The van der Waals surface area contributed by atoms with Gasteiger partial charge in [-0.25, -0.2) is 9.48 Å². The average molecular weight is 425 g/mol. The van der Waals surface area contributed by atoms with E-state index in [1.54, 1.807) is 22.6 Å². The van der Waals surface area contributed by atoms with Crippen molar-refractivity contribution >= 4 is 23.6 Å². The Labute approximate surface area is 179 Å². The quantitative estimate of drug-likeness (QED) is 0.532. The molecular formula is C22H24N4O3S. The van der Waals surface area contributed by atoms with E-state index >= 15 is 0 Å². The number of nitrogens with one attached hydrogen (secondary N) is 1. The van der Waals surface area contributed by atoms with Gasteiger partial charge in [0, 0.05) is 0 Å². The Morgan fingerprint density at radius 2 is 1.67 bits per heavy atom. The number of carbonyl (C=O) groups excluding carboxylic acids is 2. The Hall–Kier alpha value is -3.13. The summed E-state index contributed by atoms with van der Waals surface area (Å²) >= 11 is 1.59. The molecular weight excluding hydrogens is 400 g/mol. The Bertz CT molecular complexity index is 923. The summed E-state index contributed by atoms with van der Waals surface area (Å²) in [6.07, 6.45) is 4.02. The van der Waals surface area contributed by atoms with E-state index in [4.69, 9.17) is 4.74 Å². The lowest BCUT2D eigenvalue weighted by Crippen LogP contribution is -2.42. The van der Waals surface area contributed by atoms with Gasteiger partial charge in [-0.2, -0.15) is 11.8 Å². The smallest absolute Gasteiger partial charge is 0.328 e. The SMILES string of the molecule is COC(=O)[C@@H](CCSC)NC(=O)c1cn(C(c2ccccc2)c2ccccc2)nn1. The van der Waals surface area contributed by atoms with Crippen molar-refractivity contribution < 1.29 is 14.3 Å². The number of hydrogen-bond donors (Lipinski definition) is 1. The molecule has 2 aromatic carbocycles. The van der Waals surface area contributed by atoms with Gasteiger partial charge in [0.15, 0.2) is 5.69 Å². The highest BCUT2D eigenvalue weighted by Gasteiger charge is 2.24. The third-order valence-corrected chi connectivity index (χ3v) is 5.28. The maximum absolute atomic E-state index is 12.7. The van der Waals surface area contributed by atoms with E-state index in [1.807, 2.05) is 66.9 Å². The highest BCUT2D eigenvalue weighted by atomic mass is 32.2. The number of carbonyl (C=O) groups is 2. The number of esters is 1. The standard InChI is InChI=1S/C22H24N4O3S/c1-29-22(28)18(13-14-30-2)23-21(27)19-15-26(25-24-19)20(16-9-5-3-6-10-16)17-11-7-4-8-12-17/h3-12,15,18,20H,13-14H2,1-2H3,(H,23,27)/t18-/m1/s1. The highest BCUT2D eigenvalue weighted by molar-refractivity contribution is 7.98. The zero-order chi connectivity index (χ0) is 21.3. The van der Waals surface area contributed by atoms with Crippen molar-refractivity contribution in [3.8, 4) is 0 Å². The number of aromatic nitrogens is 3. The number of ether oxygens (including phenoxy) is 1. The van der Waals surface area contributed by atoms with E-state index in [0.29, 0.717) is 6.42 Å². The Kier molecular flexibility index (Phi) is 7.62. The largest absolute Gasteiger partial charge is 0.467 e. The first-order valence-electron chi connectivity index (χ1n) is 9.53. The number of methoxy groups -OCH3 is 1. The second-order valence-electron chi connectivity index (χ2n) is 6.64. The minimum absolute atomic E-state index is 0.143. The summed E-state index contributed by atoms with van der Waals surface area (Å²) in [6, 6.07) is 18.8. The van der Waals surface area contributed by atoms with Gasteiger partial charge in [-0.3, -0.25) is 4.79 Å². The maximum Gasteiger partial charge on any atom is 0.328 e. The molecule has 0 saturated heterocycles. The third-order valence-electron chi connectivity index (χ3n) is 4.64. The molecule has 0 radical (unpaired) electrons. The Balaban J connectivity index is 1.85. The minimum Gasteiger partial charge on any atom is -0.467 e. The van der Waals surface area contributed by atoms with Crippen molar-refractivity contribution in [2.24, 2.45) is 0 Å². The van der Waals surface area contributed by atoms with Crippen LogP contribution in [0.4, 0.5) is 0 Å². The van der Waals surface area contributed by atoms with Crippen LogP contribution >= 0.6 is 11.8 Å². The molecule has 1 aromatic heterocycles. The topological polar surface area (TPSA) is 86.1 Å². The summed E-state index contributed by atoms with van der Waals surface area (Å²) in [4.78, 5) is 24.7. The molecule has 0 fully saturated rings. The first-order chi connectivity index (χ1) is 14.6. The van der Waals surface area contributed by atoms with Crippen LogP contribution in [0.5, 0.6) is 0 Å². The van der Waals surface area contributed by atoms with Crippen molar-refractivity contribution in [2.75, 3.05) is 19.1 Å². The molecule has 0 bridgehead atoms. The predicted molar refractivity (Wildman–Crippen MR) is 116 cm³/mol. The third kappa shape index (κ3) is 5.27. The van der Waals surface area contributed by atoms with Crippen molar-refractivity contribution in [3.63, 3.8) is 0 Å². The minimum atomic E-state index is -0.723. The monoisotopic (exact) mass is 424 g/mol. The fourth-order valence-electron chi connectivity index (χ4n) is 3.13. The molecule has 1 N–H and O–H groups in total. The second kappa shape index (κ2) is 10.6. The van der Waals surface area contributed by atoms with Crippen LogP contribution in [0, 0.1) is 0 Å². The summed E-state index contributed by atoms with van der Waals surface area (Å²) < 4.78 is 6.46. The van der Waals surface area contributed by atoms with Crippen LogP contribution in [0.3, 0.4) is 0 Å². The number of thioether (sulfide) groups is 1. The van der Waals surface area contributed by atoms with Gasteiger partial charge in [-0.1, -0.05) is 65.9 Å². The van der Waals surface area contributed by atoms with Gasteiger partial charge in [-0.15, -0.1) is 5.10 Å². The van der Waals surface area contributed by atoms with E-state index in [2.05, 4.69) is 15.6 Å². The molecule has 1 atom stereocenters. The molecule has 0 spiro atoms. The molecule has 30 heavy (non-hydrogen) atoms. The molecule has 0 aliphatic heterocycles. The number of rotatable bonds is 9. The average Bonchev–Trinajstić information content (AvgIpc) is 3.27. The van der Waals surface area contributed by atoms with Gasteiger partial charge >= 0.3 is 5.97 Å². The zero-order valence-corrected chi connectivity index (χ0v) is 17.7. The second-order valence-corrected chi connectivity index (χ2v) is 7.62. The normalized spacial score (nSPS) is 11.8. The molecule has 3 rings (SSSR count). The lowest BCUT2D eigenvalue weighted by molar-refractivity contribution is -0.142. The van der Waals surface area contributed by atoms with Crippen LogP contribution in [0.25, 0.3) is 0 Å². The molecule has 8 heteroatoms. The Morgan fingerprint density at radius 1 is 1.07 bits per heavy atom. The first-order valence-corrected chi connectivity index (χ1v) is 10.9. The molecule has 1 amide bonds. The number of hydrogen-bond acceptors (Lipinski definition) is 6. The summed E-state index contributed by atoms with van der Waals surface area (Å²) in [5, 5.41) is 11.0. The first kappa shape index (κ1) is 21.6. The molecule has 0 unspecified atom stereocenters. The fraction of sp³-hybridized carbons (Fsp3) is 0.273. The summed E-state index contributed by atoms with van der Waals surface area (Å²) in [5.74, 6) is -0.217. The van der Waals surface area contributed by atoms with Crippen LogP contribution in [0.15, 0.2) is 66.9 Å². The van der Waals surface area contributed by atoms with Crippen LogP contribution in [0.1, 0.15) is 34.1 Å². The fourth-order valence-corrected chi connectivity index (χ4v) is 3.61. The van der Waals surface area contributed by atoms with Gasteiger partial charge in [0.25, 0.3) is 5.91 Å². The summed E-state index contributed by atoms with van der Waals surface area (Å²) in [5.41, 5.74) is 2.19.